The van der Waals surface area contributed by atoms with Crippen LogP contribution in [0.2, 0.25) is 0 Å². The first-order valence-corrected chi connectivity index (χ1v) is 9.53. The number of benzene rings is 1. The van der Waals surface area contributed by atoms with Gasteiger partial charge in [-0.05, 0) is 25.1 Å². The molecular weight excluding hydrogens is 386 g/mol. The molecule has 0 radical (unpaired) electrons. The number of hydrogen-bond donors (Lipinski definition) is 2. The van der Waals surface area contributed by atoms with Crippen LogP contribution in [0.4, 0.5) is 5.69 Å². The van der Waals surface area contributed by atoms with Crippen LogP contribution in [0.15, 0.2) is 35.5 Å². The van der Waals surface area contributed by atoms with Gasteiger partial charge in [-0.3, -0.25) is 9.59 Å². The molecule has 2 aromatic rings. The molecule has 1 fully saturated rings. The van der Waals surface area contributed by atoms with Gasteiger partial charge in [-0.2, -0.15) is 0 Å². The molecule has 2 aliphatic heterocycles. The maximum Gasteiger partial charge on any atom is 0.254 e. The topological polar surface area (TPSA) is 79.3 Å². The van der Waals surface area contributed by atoms with Crippen LogP contribution in [-0.4, -0.2) is 51.1 Å². The Labute approximate surface area is 168 Å². The summed E-state index contributed by atoms with van der Waals surface area (Å²) in [5.74, 6) is 0.793. The van der Waals surface area contributed by atoms with E-state index in [1.54, 1.807) is 12.3 Å². The highest BCUT2D eigenvalue weighted by molar-refractivity contribution is 8.00. The smallest absolute Gasteiger partial charge is 0.254 e. The number of imidazole rings is 1. The summed E-state index contributed by atoms with van der Waals surface area (Å²) in [6.07, 6.45) is 3.64. The minimum atomic E-state index is -0.120. The van der Waals surface area contributed by atoms with Crippen molar-refractivity contribution in [2.45, 2.75) is 23.1 Å². The van der Waals surface area contributed by atoms with Gasteiger partial charge in [-0.15, -0.1) is 24.2 Å². The summed E-state index contributed by atoms with van der Waals surface area (Å²) in [6, 6.07) is 5.43. The number of carbonyl (C=O) groups excluding carboxylic acids is 2. The molecule has 1 saturated heterocycles. The fraction of sp³-hybridized carbons (Fsp3) is 0.389. The lowest BCUT2D eigenvalue weighted by molar-refractivity contribution is -0.115. The molecular formula is C18H22ClN5O2S. The number of carbonyl (C=O) groups is 2. The Kier molecular flexibility index (Phi) is 5.78. The quantitative estimate of drug-likeness (QED) is 0.796. The fourth-order valence-corrected chi connectivity index (χ4v) is 4.31. The van der Waals surface area contributed by atoms with Crippen LogP contribution in [-0.2, 0) is 11.8 Å². The Hall–Kier alpha value is -2.03. The van der Waals surface area contributed by atoms with Crippen LogP contribution in [0.25, 0.3) is 0 Å². The van der Waals surface area contributed by atoms with Gasteiger partial charge in [0.15, 0.2) is 0 Å². The van der Waals surface area contributed by atoms with Crippen LogP contribution in [0.5, 0.6) is 0 Å². The van der Waals surface area contributed by atoms with E-state index in [0.29, 0.717) is 24.3 Å². The van der Waals surface area contributed by atoms with Crippen LogP contribution in [0.1, 0.15) is 29.1 Å². The first-order chi connectivity index (χ1) is 12.5. The van der Waals surface area contributed by atoms with Crippen molar-refractivity contribution in [2.24, 2.45) is 7.05 Å². The van der Waals surface area contributed by atoms with Crippen molar-refractivity contribution in [3.63, 3.8) is 0 Å². The number of rotatable bonds is 2. The number of hydrogen-bond acceptors (Lipinski definition) is 5. The van der Waals surface area contributed by atoms with Crippen LogP contribution in [0.3, 0.4) is 0 Å². The monoisotopic (exact) mass is 407 g/mol. The van der Waals surface area contributed by atoms with Crippen molar-refractivity contribution in [3.8, 4) is 0 Å². The summed E-state index contributed by atoms with van der Waals surface area (Å²) in [5.41, 5.74) is 1.30. The number of amides is 2. The van der Waals surface area contributed by atoms with Gasteiger partial charge in [0, 0.05) is 49.5 Å². The summed E-state index contributed by atoms with van der Waals surface area (Å²) < 4.78 is 1.95. The summed E-state index contributed by atoms with van der Waals surface area (Å²) >= 11 is 1.52. The Morgan fingerprint density at radius 2 is 2.19 bits per heavy atom. The van der Waals surface area contributed by atoms with E-state index < -0.39 is 0 Å². The average Bonchev–Trinajstić information content (AvgIpc) is 3.07. The number of aromatic nitrogens is 2. The van der Waals surface area contributed by atoms with Crippen molar-refractivity contribution in [1.82, 2.24) is 19.8 Å². The second kappa shape index (κ2) is 7.92. The molecule has 0 aliphatic carbocycles. The van der Waals surface area contributed by atoms with E-state index in [2.05, 4.69) is 15.6 Å². The standard InChI is InChI=1S/C18H21N5O2S.ClH/c1-11-17(24)21-13-9-12(3-4-15(13)26-11)18(25)23-8-5-19-10-14(23)16-20-6-7-22(16)2;/h3-4,6-7,9,11,14,19H,5,8,10H2,1-2H3,(H,21,24);1H. The van der Waals surface area contributed by atoms with E-state index in [9.17, 15) is 9.59 Å². The third-order valence-corrected chi connectivity index (χ3v) is 6.00. The lowest BCUT2D eigenvalue weighted by Gasteiger charge is -2.36. The minimum Gasteiger partial charge on any atom is -0.336 e. The normalized spacial score (nSPS) is 21.9. The minimum absolute atomic E-state index is 0. The maximum atomic E-state index is 13.2. The van der Waals surface area contributed by atoms with E-state index in [-0.39, 0.29) is 35.5 Å². The predicted molar refractivity (Wildman–Crippen MR) is 107 cm³/mol. The molecule has 2 atom stereocenters. The number of anilines is 1. The van der Waals surface area contributed by atoms with Gasteiger partial charge in [-0.1, -0.05) is 0 Å². The summed E-state index contributed by atoms with van der Waals surface area (Å²) in [4.78, 5) is 32.4. The van der Waals surface area contributed by atoms with Gasteiger partial charge in [0.2, 0.25) is 5.91 Å². The van der Waals surface area contributed by atoms with Gasteiger partial charge in [0.05, 0.1) is 10.9 Å². The van der Waals surface area contributed by atoms with Crippen molar-refractivity contribution in [1.29, 1.82) is 0 Å². The van der Waals surface area contributed by atoms with Gasteiger partial charge < -0.3 is 20.1 Å². The van der Waals surface area contributed by atoms with Crippen molar-refractivity contribution in [3.05, 3.63) is 42.0 Å². The number of piperazine rings is 1. The molecule has 27 heavy (non-hydrogen) atoms. The predicted octanol–water partition coefficient (Wildman–Crippen LogP) is 2.06. The Morgan fingerprint density at radius 1 is 1.37 bits per heavy atom. The number of nitrogens with zero attached hydrogens (tertiary/aromatic N) is 3. The highest BCUT2D eigenvalue weighted by atomic mass is 35.5. The van der Waals surface area contributed by atoms with Crippen molar-refractivity contribution in [2.75, 3.05) is 25.0 Å². The Morgan fingerprint density at radius 3 is 2.93 bits per heavy atom. The number of aryl methyl sites for hydroxylation is 1. The third-order valence-electron chi connectivity index (χ3n) is 4.82. The second-order valence-electron chi connectivity index (χ2n) is 6.58. The van der Waals surface area contributed by atoms with Gasteiger partial charge >= 0.3 is 0 Å². The van der Waals surface area contributed by atoms with Crippen molar-refractivity contribution >= 4 is 41.7 Å². The summed E-state index contributed by atoms with van der Waals surface area (Å²) in [7, 11) is 1.94. The van der Waals surface area contributed by atoms with Gasteiger partial charge in [0.25, 0.3) is 5.91 Å². The maximum absolute atomic E-state index is 13.2. The zero-order valence-electron chi connectivity index (χ0n) is 15.1. The molecule has 2 aliphatic rings. The summed E-state index contributed by atoms with van der Waals surface area (Å²) in [6.45, 7) is 3.92. The van der Waals surface area contributed by atoms with Crippen molar-refractivity contribution < 1.29 is 9.59 Å². The molecule has 0 spiro atoms. The number of fused-ring (bicyclic) bond motifs is 1. The number of thioether (sulfide) groups is 1. The lowest BCUT2D eigenvalue weighted by atomic mass is 10.1. The molecule has 2 unspecified atom stereocenters. The van der Waals surface area contributed by atoms with Gasteiger partial charge in [-0.25, -0.2) is 4.98 Å². The van der Waals surface area contributed by atoms with E-state index in [1.807, 2.05) is 41.8 Å². The molecule has 1 aromatic heterocycles. The number of nitrogens with one attached hydrogen (secondary N) is 2. The Bertz CT molecular complexity index is 871. The SMILES string of the molecule is CC1Sc2ccc(C(=O)N3CCNCC3c3nccn3C)cc2NC1=O.Cl. The zero-order chi connectivity index (χ0) is 18.3. The average molecular weight is 408 g/mol. The van der Waals surface area contributed by atoms with E-state index in [0.717, 1.165) is 17.3 Å². The molecule has 7 nitrogen and oxygen atoms in total. The van der Waals surface area contributed by atoms with E-state index in [1.165, 1.54) is 11.8 Å². The Balaban J connectivity index is 0.00000210. The second-order valence-corrected chi connectivity index (χ2v) is 7.96. The van der Waals surface area contributed by atoms with Gasteiger partial charge in [0.1, 0.15) is 11.9 Å². The highest BCUT2D eigenvalue weighted by Gasteiger charge is 2.32. The van der Waals surface area contributed by atoms with Crippen LogP contribution in [0, 0.1) is 0 Å². The summed E-state index contributed by atoms with van der Waals surface area (Å²) in [5, 5.41) is 6.12. The molecule has 3 heterocycles. The van der Waals surface area contributed by atoms with E-state index >= 15 is 0 Å². The largest absolute Gasteiger partial charge is 0.336 e. The lowest BCUT2D eigenvalue weighted by Crippen LogP contribution is -2.49. The third kappa shape index (κ3) is 3.69. The zero-order valence-corrected chi connectivity index (χ0v) is 16.8. The molecule has 2 N–H and O–H groups in total. The molecule has 144 valence electrons. The molecule has 0 saturated carbocycles. The highest BCUT2D eigenvalue weighted by Crippen LogP contribution is 2.36. The fourth-order valence-electron chi connectivity index (χ4n) is 3.38. The van der Waals surface area contributed by atoms with Crippen LogP contribution >= 0.6 is 24.2 Å². The number of halogens is 1. The molecule has 4 rings (SSSR count). The molecule has 0 bridgehead atoms. The first-order valence-electron chi connectivity index (χ1n) is 8.65. The molecule has 9 heteroatoms. The van der Waals surface area contributed by atoms with E-state index in [4.69, 9.17) is 0 Å². The molecule has 1 aromatic carbocycles. The van der Waals surface area contributed by atoms with Crippen LogP contribution < -0.4 is 10.6 Å². The first kappa shape index (κ1) is 19.7. The molecule has 2 amide bonds.